The van der Waals surface area contributed by atoms with Gasteiger partial charge in [0.05, 0.1) is 13.0 Å². The van der Waals surface area contributed by atoms with Crippen LogP contribution in [0, 0.1) is 0 Å². The first-order valence-electron chi connectivity index (χ1n) is 5.50. The van der Waals surface area contributed by atoms with Crippen molar-refractivity contribution in [3.8, 4) is 0 Å². The van der Waals surface area contributed by atoms with Gasteiger partial charge in [0.15, 0.2) is 0 Å². The van der Waals surface area contributed by atoms with E-state index in [2.05, 4.69) is 10.6 Å². The van der Waals surface area contributed by atoms with E-state index in [1.54, 1.807) is 13.8 Å². The zero-order valence-corrected chi connectivity index (χ0v) is 10.6. The molecular formula is C10H17N3O6. The summed E-state index contributed by atoms with van der Waals surface area (Å²) < 4.78 is 0. The number of carbonyl (C=O) groups is 4. The van der Waals surface area contributed by atoms with Gasteiger partial charge in [-0.15, -0.1) is 0 Å². The Kier molecular flexibility index (Phi) is 6.94. The molecule has 0 aromatic heterocycles. The number of carbonyl (C=O) groups excluding carboxylic acids is 2. The van der Waals surface area contributed by atoms with Crippen molar-refractivity contribution in [2.24, 2.45) is 0 Å². The fourth-order valence-corrected chi connectivity index (χ4v) is 1.12. The summed E-state index contributed by atoms with van der Waals surface area (Å²) in [6, 6.07) is -2.56. The van der Waals surface area contributed by atoms with Gasteiger partial charge in [0.25, 0.3) is 0 Å². The van der Waals surface area contributed by atoms with Crippen molar-refractivity contribution >= 4 is 23.9 Å². The summed E-state index contributed by atoms with van der Waals surface area (Å²) in [5.74, 6) is -3.26. The minimum Gasteiger partial charge on any atom is -0.481 e. The van der Waals surface area contributed by atoms with Crippen LogP contribution in [0.3, 0.4) is 0 Å². The van der Waals surface area contributed by atoms with Crippen LogP contribution < -0.4 is 16.0 Å². The van der Waals surface area contributed by atoms with Crippen LogP contribution in [0.4, 0.5) is 4.79 Å². The monoisotopic (exact) mass is 275 g/mol. The summed E-state index contributed by atoms with van der Waals surface area (Å²) in [5.41, 5.74) is 0. The molecule has 0 spiro atoms. The van der Waals surface area contributed by atoms with E-state index >= 15 is 0 Å². The highest BCUT2D eigenvalue weighted by atomic mass is 16.4. The molecule has 0 aliphatic rings. The van der Waals surface area contributed by atoms with Crippen LogP contribution in [0.1, 0.15) is 20.3 Å². The van der Waals surface area contributed by atoms with E-state index in [9.17, 15) is 19.2 Å². The molecule has 3 amide bonds. The highest BCUT2D eigenvalue weighted by Crippen LogP contribution is 1.92. The van der Waals surface area contributed by atoms with Crippen LogP contribution in [-0.4, -0.2) is 52.7 Å². The Balaban J connectivity index is 4.17. The molecule has 0 aliphatic carbocycles. The first-order valence-corrected chi connectivity index (χ1v) is 5.50. The van der Waals surface area contributed by atoms with Gasteiger partial charge in [-0.25, -0.2) is 9.59 Å². The summed E-state index contributed by atoms with van der Waals surface area (Å²) in [5, 5.41) is 23.7. The molecule has 0 fully saturated rings. The van der Waals surface area contributed by atoms with E-state index in [1.807, 2.05) is 5.32 Å². The van der Waals surface area contributed by atoms with E-state index in [0.717, 1.165) is 0 Å². The van der Waals surface area contributed by atoms with Crippen molar-refractivity contribution in [2.75, 3.05) is 6.54 Å². The van der Waals surface area contributed by atoms with Crippen LogP contribution in [-0.2, 0) is 14.4 Å². The van der Waals surface area contributed by atoms with E-state index in [1.165, 1.54) is 0 Å². The van der Waals surface area contributed by atoms with Gasteiger partial charge in [0, 0.05) is 6.04 Å². The summed E-state index contributed by atoms with van der Waals surface area (Å²) in [6.07, 6.45) is -0.749. The lowest BCUT2D eigenvalue weighted by atomic mass is 10.2. The zero-order chi connectivity index (χ0) is 15.0. The average molecular weight is 275 g/mol. The van der Waals surface area contributed by atoms with Gasteiger partial charge in [0.2, 0.25) is 5.91 Å². The van der Waals surface area contributed by atoms with Crippen LogP contribution in [0.2, 0.25) is 0 Å². The molecule has 0 heterocycles. The minimum absolute atomic E-state index is 0.0869. The molecular weight excluding hydrogens is 258 g/mol. The van der Waals surface area contributed by atoms with Gasteiger partial charge in [-0.2, -0.15) is 0 Å². The maximum atomic E-state index is 11.3. The predicted molar refractivity (Wildman–Crippen MR) is 63.5 cm³/mol. The van der Waals surface area contributed by atoms with Crippen LogP contribution in [0.5, 0.6) is 0 Å². The molecule has 1 atom stereocenters. The average Bonchev–Trinajstić information content (AvgIpc) is 2.23. The van der Waals surface area contributed by atoms with Gasteiger partial charge in [-0.05, 0) is 13.8 Å². The Labute approximate surface area is 109 Å². The summed E-state index contributed by atoms with van der Waals surface area (Å²) in [7, 11) is 0. The molecule has 5 N–H and O–H groups in total. The van der Waals surface area contributed by atoms with Crippen molar-refractivity contribution < 1.29 is 29.4 Å². The molecule has 0 aliphatic heterocycles. The first kappa shape index (κ1) is 16.7. The number of carboxylic acids is 2. The SMILES string of the molecule is CC(C)NC(=O)CNC(=O)N[C@@H](CC(=O)O)C(=O)O. The Morgan fingerprint density at radius 1 is 1.05 bits per heavy atom. The van der Waals surface area contributed by atoms with E-state index in [4.69, 9.17) is 10.2 Å². The Morgan fingerprint density at radius 2 is 1.63 bits per heavy atom. The van der Waals surface area contributed by atoms with Crippen LogP contribution in [0.15, 0.2) is 0 Å². The van der Waals surface area contributed by atoms with Crippen LogP contribution >= 0.6 is 0 Å². The molecule has 0 bridgehead atoms. The summed E-state index contributed by atoms with van der Waals surface area (Å²) in [6.45, 7) is 3.15. The van der Waals surface area contributed by atoms with Gasteiger partial charge >= 0.3 is 18.0 Å². The fraction of sp³-hybridized carbons (Fsp3) is 0.600. The molecule has 0 saturated carbocycles. The summed E-state index contributed by atoms with van der Waals surface area (Å²) in [4.78, 5) is 43.5. The highest BCUT2D eigenvalue weighted by Gasteiger charge is 2.23. The smallest absolute Gasteiger partial charge is 0.326 e. The number of hydrogen-bond donors (Lipinski definition) is 5. The lowest BCUT2D eigenvalue weighted by molar-refractivity contribution is -0.145. The molecule has 0 aromatic carbocycles. The third kappa shape index (κ3) is 8.41. The third-order valence-electron chi connectivity index (χ3n) is 1.84. The number of carboxylic acid groups (broad SMARTS) is 2. The highest BCUT2D eigenvalue weighted by molar-refractivity contribution is 5.88. The van der Waals surface area contributed by atoms with Gasteiger partial charge in [0.1, 0.15) is 6.04 Å². The van der Waals surface area contributed by atoms with Gasteiger partial charge in [-0.3, -0.25) is 9.59 Å². The lowest BCUT2D eigenvalue weighted by Crippen LogP contribution is -2.49. The van der Waals surface area contributed by atoms with Crippen molar-refractivity contribution in [2.45, 2.75) is 32.4 Å². The van der Waals surface area contributed by atoms with Crippen molar-refractivity contribution in [1.29, 1.82) is 0 Å². The van der Waals surface area contributed by atoms with Gasteiger partial charge in [-0.1, -0.05) is 0 Å². The molecule has 0 radical (unpaired) electrons. The first-order chi connectivity index (χ1) is 8.72. The molecule has 0 rings (SSSR count). The molecule has 108 valence electrons. The quantitative estimate of drug-likeness (QED) is 0.392. The fourth-order valence-electron chi connectivity index (χ4n) is 1.12. The predicted octanol–water partition coefficient (Wildman–Crippen LogP) is -1.26. The number of aliphatic carboxylic acids is 2. The van der Waals surface area contributed by atoms with Crippen LogP contribution in [0.25, 0.3) is 0 Å². The summed E-state index contributed by atoms with van der Waals surface area (Å²) >= 11 is 0. The number of hydrogen-bond acceptors (Lipinski definition) is 4. The molecule has 9 nitrogen and oxygen atoms in total. The number of amides is 3. The van der Waals surface area contributed by atoms with Crippen molar-refractivity contribution in [3.63, 3.8) is 0 Å². The lowest BCUT2D eigenvalue weighted by Gasteiger charge is -2.13. The zero-order valence-electron chi connectivity index (χ0n) is 10.6. The van der Waals surface area contributed by atoms with E-state index in [-0.39, 0.29) is 12.6 Å². The second kappa shape index (κ2) is 7.90. The minimum atomic E-state index is -1.55. The molecule has 0 aromatic rings. The topological polar surface area (TPSA) is 145 Å². The third-order valence-corrected chi connectivity index (χ3v) is 1.84. The largest absolute Gasteiger partial charge is 0.481 e. The number of nitrogens with one attached hydrogen (secondary N) is 3. The standard InChI is InChI=1S/C10H17N3O6/c1-5(2)12-7(14)4-11-10(19)13-6(9(17)18)3-8(15)16/h5-6H,3-4H2,1-2H3,(H,12,14)(H,15,16)(H,17,18)(H2,11,13,19)/t6-/m0/s1. The Morgan fingerprint density at radius 3 is 2.05 bits per heavy atom. The van der Waals surface area contributed by atoms with Crippen molar-refractivity contribution in [3.05, 3.63) is 0 Å². The molecule has 0 unspecified atom stereocenters. The van der Waals surface area contributed by atoms with E-state index < -0.39 is 36.3 Å². The normalized spacial score (nSPS) is 11.5. The van der Waals surface area contributed by atoms with Gasteiger partial charge < -0.3 is 26.2 Å². The number of urea groups is 1. The number of rotatable bonds is 7. The molecule has 19 heavy (non-hydrogen) atoms. The van der Waals surface area contributed by atoms with E-state index in [0.29, 0.717) is 0 Å². The molecule has 0 saturated heterocycles. The maximum Gasteiger partial charge on any atom is 0.326 e. The Bertz CT molecular complexity index is 368. The second-order valence-corrected chi connectivity index (χ2v) is 4.04. The van der Waals surface area contributed by atoms with Crippen molar-refractivity contribution in [1.82, 2.24) is 16.0 Å². The Hall–Kier alpha value is -2.32. The molecule has 9 heteroatoms. The maximum absolute atomic E-state index is 11.3. The second-order valence-electron chi connectivity index (χ2n) is 4.04.